The number of aromatic amines is 1. The number of anilines is 1. The number of fused-ring (bicyclic) bond motifs is 1. The van der Waals surface area contributed by atoms with Crippen LogP contribution in [0.4, 0.5) is 11.4 Å². The van der Waals surface area contributed by atoms with Gasteiger partial charge >= 0.3 is 0 Å². The van der Waals surface area contributed by atoms with Gasteiger partial charge in [-0.25, -0.2) is 13.4 Å². The fraction of sp³-hybridized carbons (Fsp3) is 0. The molecule has 0 aliphatic heterocycles. The lowest BCUT2D eigenvalue weighted by molar-refractivity contribution is -0.383. The smallest absolute Gasteiger partial charge is 0.297 e. The Morgan fingerprint density at radius 1 is 1.07 bits per heavy atom. The normalized spacial score (nSPS) is 11.2. The fourth-order valence-electron chi connectivity index (χ4n) is 2.94. The van der Waals surface area contributed by atoms with Crippen molar-refractivity contribution in [2.45, 2.75) is 4.90 Å². The number of imidazole rings is 1. The predicted octanol–water partition coefficient (Wildman–Crippen LogP) is 3.81. The molecular weight excluding hydrogens is 406 g/mol. The maximum Gasteiger partial charge on any atom is 0.297 e. The monoisotopic (exact) mass is 419 g/mol. The number of aromatic nitrogens is 2. The number of nitrogens with one attached hydrogen (secondary N) is 2. The highest BCUT2D eigenvalue weighted by Crippen LogP contribution is 2.28. The number of nitrogens with zero attached hydrogens (tertiary/aromatic N) is 3. The molecule has 4 rings (SSSR count). The number of nitro benzene ring substituents is 1. The van der Waals surface area contributed by atoms with Crippen LogP contribution in [0.3, 0.4) is 0 Å². The van der Waals surface area contributed by atoms with Crippen LogP contribution in [0, 0.1) is 21.4 Å². The summed E-state index contributed by atoms with van der Waals surface area (Å²) in [4.78, 5) is 18.0. The summed E-state index contributed by atoms with van der Waals surface area (Å²) in [6, 6.07) is 18.6. The molecule has 1 heterocycles. The second-order valence-electron chi connectivity index (χ2n) is 6.34. The van der Waals surface area contributed by atoms with Crippen LogP contribution in [0.2, 0.25) is 0 Å². The van der Waals surface area contributed by atoms with E-state index in [9.17, 15) is 18.5 Å². The van der Waals surface area contributed by atoms with Gasteiger partial charge in [-0.05, 0) is 42.5 Å². The van der Waals surface area contributed by atoms with Gasteiger partial charge in [-0.3, -0.25) is 14.8 Å². The van der Waals surface area contributed by atoms with Crippen LogP contribution in [0.1, 0.15) is 5.56 Å². The van der Waals surface area contributed by atoms with E-state index < -0.39 is 14.9 Å². The summed E-state index contributed by atoms with van der Waals surface area (Å²) in [7, 11) is -3.90. The summed E-state index contributed by atoms with van der Waals surface area (Å²) in [5, 5.41) is 20.0. The van der Waals surface area contributed by atoms with Crippen LogP contribution in [-0.4, -0.2) is 23.3 Å². The molecule has 30 heavy (non-hydrogen) atoms. The standard InChI is InChI=1S/C20H13N5O4S/c21-12-13-7-9-15(10-8-13)24-30(28,29)16-4-1-3-14(11-16)20-22-17-5-2-6-18(25(26)27)19(17)23-20/h1-11,24H,(H,22,23). The zero-order chi connectivity index (χ0) is 21.3. The van der Waals surface area contributed by atoms with Gasteiger partial charge in [0.05, 0.1) is 27.0 Å². The van der Waals surface area contributed by atoms with E-state index in [0.717, 1.165) is 0 Å². The van der Waals surface area contributed by atoms with Crippen molar-refractivity contribution >= 4 is 32.4 Å². The molecule has 0 aliphatic carbocycles. The van der Waals surface area contributed by atoms with E-state index >= 15 is 0 Å². The van der Waals surface area contributed by atoms with E-state index in [4.69, 9.17) is 5.26 Å². The minimum absolute atomic E-state index is 0.000634. The summed E-state index contributed by atoms with van der Waals surface area (Å²) in [5.74, 6) is 0.315. The number of para-hydroxylation sites is 1. The third-order valence-electron chi connectivity index (χ3n) is 4.37. The van der Waals surface area contributed by atoms with E-state index in [0.29, 0.717) is 28.2 Å². The molecule has 148 valence electrons. The van der Waals surface area contributed by atoms with Crippen LogP contribution >= 0.6 is 0 Å². The largest absolute Gasteiger partial charge is 0.338 e. The molecule has 4 aromatic rings. The number of nitro groups is 1. The zero-order valence-electron chi connectivity index (χ0n) is 15.2. The van der Waals surface area contributed by atoms with Gasteiger partial charge in [0.1, 0.15) is 5.82 Å². The van der Waals surface area contributed by atoms with Gasteiger partial charge in [0.25, 0.3) is 15.7 Å². The molecule has 0 spiro atoms. The van der Waals surface area contributed by atoms with E-state index in [1.54, 1.807) is 24.3 Å². The summed E-state index contributed by atoms with van der Waals surface area (Å²) >= 11 is 0. The van der Waals surface area contributed by atoms with Crippen LogP contribution in [-0.2, 0) is 10.0 Å². The van der Waals surface area contributed by atoms with Crippen molar-refractivity contribution in [1.82, 2.24) is 9.97 Å². The Kier molecular flexibility index (Phi) is 4.65. The first-order valence-electron chi connectivity index (χ1n) is 8.64. The van der Waals surface area contributed by atoms with Crippen molar-refractivity contribution in [3.05, 3.63) is 82.4 Å². The van der Waals surface area contributed by atoms with Gasteiger partial charge in [-0.15, -0.1) is 0 Å². The lowest BCUT2D eigenvalue weighted by Crippen LogP contribution is -2.13. The van der Waals surface area contributed by atoms with Crippen molar-refractivity contribution in [2.24, 2.45) is 0 Å². The maximum atomic E-state index is 12.8. The molecule has 0 radical (unpaired) electrons. The molecular formula is C20H13N5O4S. The quantitative estimate of drug-likeness (QED) is 0.372. The highest BCUT2D eigenvalue weighted by atomic mass is 32.2. The Balaban J connectivity index is 1.70. The second kappa shape index (κ2) is 7.31. The summed E-state index contributed by atoms with van der Waals surface area (Å²) in [6.07, 6.45) is 0. The van der Waals surface area contributed by atoms with Crippen molar-refractivity contribution in [3.63, 3.8) is 0 Å². The fourth-order valence-corrected chi connectivity index (χ4v) is 4.04. The molecule has 0 bridgehead atoms. The van der Waals surface area contributed by atoms with E-state index in [1.165, 1.54) is 42.5 Å². The maximum absolute atomic E-state index is 12.8. The summed E-state index contributed by atoms with van der Waals surface area (Å²) in [6.45, 7) is 0. The van der Waals surface area contributed by atoms with Crippen LogP contribution in [0.5, 0.6) is 0 Å². The molecule has 0 unspecified atom stereocenters. The first-order valence-corrected chi connectivity index (χ1v) is 10.1. The Morgan fingerprint density at radius 2 is 1.80 bits per heavy atom. The Hall–Kier alpha value is -4.23. The zero-order valence-corrected chi connectivity index (χ0v) is 16.1. The third-order valence-corrected chi connectivity index (χ3v) is 5.75. The van der Waals surface area contributed by atoms with Gasteiger partial charge in [0.2, 0.25) is 0 Å². The Labute approximate surface area is 170 Å². The predicted molar refractivity (Wildman–Crippen MR) is 110 cm³/mol. The molecule has 0 fully saturated rings. The highest BCUT2D eigenvalue weighted by Gasteiger charge is 2.19. The van der Waals surface area contributed by atoms with E-state index in [1.807, 2.05) is 6.07 Å². The SMILES string of the molecule is N#Cc1ccc(NS(=O)(=O)c2cccc(-c3nc4c([N+](=O)[O-])cccc4[nH]3)c2)cc1. The second-order valence-corrected chi connectivity index (χ2v) is 8.02. The first-order chi connectivity index (χ1) is 14.4. The van der Waals surface area contributed by atoms with E-state index in [2.05, 4.69) is 14.7 Å². The number of non-ortho nitro benzene ring substituents is 1. The highest BCUT2D eigenvalue weighted by molar-refractivity contribution is 7.92. The number of sulfonamides is 1. The van der Waals surface area contributed by atoms with Crippen molar-refractivity contribution in [2.75, 3.05) is 4.72 Å². The minimum atomic E-state index is -3.90. The average Bonchev–Trinajstić information content (AvgIpc) is 3.18. The van der Waals surface area contributed by atoms with Crippen LogP contribution < -0.4 is 4.72 Å². The Morgan fingerprint density at radius 3 is 2.50 bits per heavy atom. The molecule has 10 heteroatoms. The Bertz CT molecular complexity index is 1420. The summed E-state index contributed by atoms with van der Waals surface area (Å²) < 4.78 is 28.0. The van der Waals surface area contributed by atoms with Crippen molar-refractivity contribution < 1.29 is 13.3 Å². The van der Waals surface area contributed by atoms with E-state index in [-0.39, 0.29) is 16.1 Å². The number of H-pyrrole nitrogens is 1. The molecule has 3 aromatic carbocycles. The minimum Gasteiger partial charge on any atom is -0.338 e. The third kappa shape index (κ3) is 3.57. The van der Waals surface area contributed by atoms with Crippen molar-refractivity contribution in [1.29, 1.82) is 5.26 Å². The van der Waals surface area contributed by atoms with Crippen molar-refractivity contribution in [3.8, 4) is 17.5 Å². The van der Waals surface area contributed by atoms with Crippen LogP contribution in [0.15, 0.2) is 71.6 Å². The van der Waals surface area contributed by atoms with Gasteiger partial charge in [-0.2, -0.15) is 5.26 Å². The van der Waals surface area contributed by atoms with Gasteiger partial charge in [0, 0.05) is 17.3 Å². The first kappa shape index (κ1) is 19.1. The molecule has 0 saturated carbocycles. The molecule has 0 atom stereocenters. The van der Waals surface area contributed by atoms with Gasteiger partial charge < -0.3 is 4.98 Å². The van der Waals surface area contributed by atoms with Crippen LogP contribution in [0.25, 0.3) is 22.4 Å². The molecule has 1 aromatic heterocycles. The lowest BCUT2D eigenvalue weighted by atomic mass is 10.2. The topological polar surface area (TPSA) is 142 Å². The molecule has 0 aliphatic rings. The number of nitriles is 1. The number of hydrogen-bond donors (Lipinski definition) is 2. The molecule has 0 saturated heterocycles. The average molecular weight is 419 g/mol. The molecule has 2 N–H and O–H groups in total. The molecule has 0 amide bonds. The van der Waals surface area contributed by atoms with Gasteiger partial charge in [-0.1, -0.05) is 18.2 Å². The number of hydrogen-bond acceptors (Lipinski definition) is 6. The number of benzene rings is 3. The summed E-state index contributed by atoms with van der Waals surface area (Å²) in [5.41, 5.74) is 1.73. The lowest BCUT2D eigenvalue weighted by Gasteiger charge is -2.09. The van der Waals surface area contributed by atoms with Gasteiger partial charge in [0.15, 0.2) is 5.52 Å². The number of rotatable bonds is 5. The molecule has 9 nitrogen and oxygen atoms in total.